The van der Waals surface area contributed by atoms with Gasteiger partial charge >= 0.3 is 0 Å². The van der Waals surface area contributed by atoms with Crippen molar-refractivity contribution in [3.05, 3.63) is 0 Å². The Kier molecular flexibility index (Phi) is 5.62. The molecule has 2 atom stereocenters. The van der Waals surface area contributed by atoms with Gasteiger partial charge in [-0.15, -0.1) is 0 Å². The zero-order valence-corrected chi connectivity index (χ0v) is 12.6. The van der Waals surface area contributed by atoms with Crippen LogP contribution in [0.3, 0.4) is 0 Å². The van der Waals surface area contributed by atoms with Crippen LogP contribution in [0.1, 0.15) is 52.9 Å². The molecule has 2 N–H and O–H groups in total. The van der Waals surface area contributed by atoms with Crippen LogP contribution in [0.4, 0.5) is 0 Å². The summed E-state index contributed by atoms with van der Waals surface area (Å²) in [4.78, 5) is 0. The lowest BCUT2D eigenvalue weighted by molar-refractivity contribution is -0.00751. The van der Waals surface area contributed by atoms with E-state index >= 15 is 0 Å². The fourth-order valence-electron chi connectivity index (χ4n) is 2.50. The molecule has 0 saturated heterocycles. The smallest absolute Gasteiger partial charge is 0.211 e. The summed E-state index contributed by atoms with van der Waals surface area (Å²) in [6, 6.07) is 0. The van der Waals surface area contributed by atoms with Gasteiger partial charge in [0.2, 0.25) is 10.0 Å². The third kappa shape index (κ3) is 5.67. The summed E-state index contributed by atoms with van der Waals surface area (Å²) in [7, 11) is -3.24. The van der Waals surface area contributed by atoms with Gasteiger partial charge in [0, 0.05) is 6.54 Å². The molecule has 2 unspecified atom stereocenters. The summed E-state index contributed by atoms with van der Waals surface area (Å²) in [5, 5.41) is 10.4. The van der Waals surface area contributed by atoms with Gasteiger partial charge in [-0.1, -0.05) is 33.6 Å². The monoisotopic (exact) mass is 277 g/mol. The van der Waals surface area contributed by atoms with Crippen molar-refractivity contribution < 1.29 is 13.5 Å². The summed E-state index contributed by atoms with van der Waals surface area (Å²) < 4.78 is 26.1. The first-order chi connectivity index (χ1) is 8.22. The number of nitrogens with one attached hydrogen (secondary N) is 1. The van der Waals surface area contributed by atoms with Gasteiger partial charge < -0.3 is 5.11 Å². The second kappa shape index (κ2) is 6.35. The molecule has 0 aliphatic heterocycles. The Balaban J connectivity index is 2.43. The normalized spacial score (nSPS) is 29.7. The maximum atomic E-state index is 11.8. The Hall–Kier alpha value is -0.130. The van der Waals surface area contributed by atoms with Crippen molar-refractivity contribution in [2.45, 2.75) is 58.5 Å². The van der Waals surface area contributed by atoms with Crippen LogP contribution in [0.25, 0.3) is 0 Å². The molecular formula is C13H27NO3S. The van der Waals surface area contributed by atoms with Gasteiger partial charge in [0.15, 0.2) is 0 Å². The lowest BCUT2D eigenvalue weighted by atomic mass is 9.79. The molecule has 4 nitrogen and oxygen atoms in total. The largest absolute Gasteiger partial charge is 0.389 e. The highest BCUT2D eigenvalue weighted by atomic mass is 32.2. The molecule has 0 amide bonds. The molecule has 18 heavy (non-hydrogen) atoms. The Bertz CT molecular complexity index is 353. The maximum Gasteiger partial charge on any atom is 0.211 e. The van der Waals surface area contributed by atoms with E-state index in [0.29, 0.717) is 31.1 Å². The van der Waals surface area contributed by atoms with E-state index in [1.807, 2.05) is 13.8 Å². The van der Waals surface area contributed by atoms with E-state index in [1.165, 1.54) is 0 Å². The summed E-state index contributed by atoms with van der Waals surface area (Å²) in [5.41, 5.74) is -0.845. The van der Waals surface area contributed by atoms with E-state index in [9.17, 15) is 13.5 Å². The number of rotatable bonds is 6. The molecule has 1 aliphatic rings. The first-order valence-electron chi connectivity index (χ1n) is 6.92. The molecule has 0 bridgehead atoms. The van der Waals surface area contributed by atoms with Crippen LogP contribution >= 0.6 is 0 Å². The van der Waals surface area contributed by atoms with E-state index in [4.69, 9.17) is 0 Å². The molecule has 1 fully saturated rings. The van der Waals surface area contributed by atoms with Crippen molar-refractivity contribution in [3.63, 3.8) is 0 Å². The maximum absolute atomic E-state index is 11.8. The Morgan fingerprint density at radius 3 is 2.67 bits per heavy atom. The zero-order valence-electron chi connectivity index (χ0n) is 11.8. The van der Waals surface area contributed by atoms with Crippen LogP contribution in [-0.2, 0) is 10.0 Å². The third-order valence-corrected chi connectivity index (χ3v) is 5.01. The summed E-state index contributed by atoms with van der Waals surface area (Å²) in [5.74, 6) is 0.999. The lowest BCUT2D eigenvalue weighted by Crippen LogP contribution is -2.46. The van der Waals surface area contributed by atoms with Crippen LogP contribution in [0.2, 0.25) is 0 Å². The third-order valence-electron chi connectivity index (χ3n) is 3.65. The minimum atomic E-state index is -3.24. The Morgan fingerprint density at radius 1 is 1.44 bits per heavy atom. The summed E-state index contributed by atoms with van der Waals surface area (Å²) in [6.45, 7) is 6.28. The van der Waals surface area contributed by atoms with Gasteiger partial charge in [-0.2, -0.15) is 0 Å². The van der Waals surface area contributed by atoms with Crippen molar-refractivity contribution in [1.82, 2.24) is 4.72 Å². The van der Waals surface area contributed by atoms with Crippen molar-refractivity contribution in [3.8, 4) is 0 Å². The van der Waals surface area contributed by atoms with Crippen molar-refractivity contribution >= 4 is 10.0 Å². The molecule has 0 radical (unpaired) electrons. The molecule has 0 aromatic rings. The van der Waals surface area contributed by atoms with Crippen molar-refractivity contribution in [1.29, 1.82) is 0 Å². The second-order valence-electron chi connectivity index (χ2n) is 6.25. The first kappa shape index (κ1) is 15.9. The molecule has 108 valence electrons. The van der Waals surface area contributed by atoms with Gasteiger partial charge in [0.1, 0.15) is 0 Å². The van der Waals surface area contributed by atoms with Crippen LogP contribution in [-0.4, -0.2) is 31.4 Å². The van der Waals surface area contributed by atoms with Crippen molar-refractivity contribution in [2.24, 2.45) is 11.8 Å². The van der Waals surface area contributed by atoms with Gasteiger partial charge in [-0.3, -0.25) is 0 Å². The fourth-order valence-corrected chi connectivity index (χ4v) is 3.91. The zero-order chi connectivity index (χ0) is 13.8. The van der Waals surface area contributed by atoms with Crippen LogP contribution in [0.5, 0.6) is 0 Å². The first-order valence-corrected chi connectivity index (χ1v) is 8.57. The van der Waals surface area contributed by atoms with Crippen LogP contribution in [0.15, 0.2) is 0 Å². The number of aliphatic hydroxyl groups is 1. The molecular weight excluding hydrogens is 250 g/mol. The van der Waals surface area contributed by atoms with E-state index < -0.39 is 15.6 Å². The predicted octanol–water partition coefficient (Wildman–Crippen LogP) is 1.89. The van der Waals surface area contributed by atoms with Crippen molar-refractivity contribution in [2.75, 3.05) is 12.3 Å². The van der Waals surface area contributed by atoms with Gasteiger partial charge in [0.25, 0.3) is 0 Å². The molecule has 1 saturated carbocycles. The van der Waals surface area contributed by atoms with Crippen LogP contribution in [0, 0.1) is 11.8 Å². The Labute approximate surface area is 111 Å². The highest BCUT2D eigenvalue weighted by molar-refractivity contribution is 7.89. The molecule has 0 aromatic carbocycles. The van der Waals surface area contributed by atoms with E-state index in [0.717, 1.165) is 12.8 Å². The SMILES string of the molecule is CC(C)CCS(=O)(=O)NCC1(O)CCCC(C)C1. The number of sulfonamides is 1. The minimum absolute atomic E-state index is 0.149. The second-order valence-corrected chi connectivity index (χ2v) is 8.17. The highest BCUT2D eigenvalue weighted by Crippen LogP contribution is 2.31. The standard InChI is InChI=1S/C13H27NO3S/c1-11(2)6-8-18(16,17)14-10-13(15)7-4-5-12(3)9-13/h11-12,14-15H,4-10H2,1-3H3. The Morgan fingerprint density at radius 2 is 2.11 bits per heavy atom. The van der Waals surface area contributed by atoms with E-state index in [1.54, 1.807) is 0 Å². The van der Waals surface area contributed by atoms with Gasteiger partial charge in [-0.25, -0.2) is 13.1 Å². The minimum Gasteiger partial charge on any atom is -0.389 e. The summed E-state index contributed by atoms with van der Waals surface area (Å²) >= 11 is 0. The number of hydrogen-bond acceptors (Lipinski definition) is 3. The van der Waals surface area contributed by atoms with Gasteiger partial charge in [0.05, 0.1) is 11.4 Å². The van der Waals surface area contributed by atoms with Crippen LogP contribution < -0.4 is 4.72 Å². The molecule has 0 heterocycles. The van der Waals surface area contributed by atoms with Gasteiger partial charge in [-0.05, 0) is 31.1 Å². The summed E-state index contributed by atoms with van der Waals surface area (Å²) in [6.07, 6.45) is 4.15. The highest BCUT2D eigenvalue weighted by Gasteiger charge is 2.33. The van der Waals surface area contributed by atoms with E-state index in [-0.39, 0.29) is 12.3 Å². The predicted molar refractivity (Wildman–Crippen MR) is 73.8 cm³/mol. The average molecular weight is 277 g/mol. The number of hydrogen-bond donors (Lipinski definition) is 2. The van der Waals surface area contributed by atoms with E-state index in [2.05, 4.69) is 11.6 Å². The average Bonchev–Trinajstić information content (AvgIpc) is 2.24. The molecule has 0 aromatic heterocycles. The molecule has 0 spiro atoms. The molecule has 1 aliphatic carbocycles. The quantitative estimate of drug-likeness (QED) is 0.779. The lowest BCUT2D eigenvalue weighted by Gasteiger charge is -2.35. The molecule has 1 rings (SSSR count). The molecule has 5 heteroatoms. The topological polar surface area (TPSA) is 66.4 Å². The fraction of sp³-hybridized carbons (Fsp3) is 1.00.